The van der Waals surface area contributed by atoms with Crippen molar-refractivity contribution >= 4 is 17.5 Å². The van der Waals surface area contributed by atoms with Crippen molar-refractivity contribution < 1.29 is 9.59 Å². The first-order valence-corrected chi connectivity index (χ1v) is 6.42. The van der Waals surface area contributed by atoms with Gasteiger partial charge in [-0.05, 0) is 43.3 Å². The van der Waals surface area contributed by atoms with E-state index >= 15 is 0 Å². The standard InChI is InChI=1S/C15H17N3O2/c1-12(19)13-4-6-14(7-5-13)17-15(20)16-8-11-18-9-2-3-10-18/h2-7,9-10H,8,11H2,1H3,(H2,16,17,20). The quantitative estimate of drug-likeness (QED) is 0.821. The van der Waals surface area contributed by atoms with Crippen molar-refractivity contribution in [2.75, 3.05) is 11.9 Å². The van der Waals surface area contributed by atoms with E-state index in [4.69, 9.17) is 0 Å². The Balaban J connectivity index is 1.77. The van der Waals surface area contributed by atoms with Crippen molar-refractivity contribution in [3.63, 3.8) is 0 Å². The summed E-state index contributed by atoms with van der Waals surface area (Å²) in [5.74, 6) is 0.00715. The van der Waals surface area contributed by atoms with Crippen LogP contribution in [0.3, 0.4) is 0 Å². The predicted molar refractivity (Wildman–Crippen MR) is 77.9 cm³/mol. The third-order valence-electron chi connectivity index (χ3n) is 2.87. The van der Waals surface area contributed by atoms with E-state index < -0.39 is 0 Å². The lowest BCUT2D eigenvalue weighted by atomic mass is 10.1. The van der Waals surface area contributed by atoms with E-state index in [0.29, 0.717) is 17.8 Å². The number of nitrogens with zero attached hydrogens (tertiary/aromatic N) is 1. The first kappa shape index (κ1) is 13.9. The van der Waals surface area contributed by atoms with Crippen LogP contribution < -0.4 is 10.6 Å². The molecule has 2 rings (SSSR count). The van der Waals surface area contributed by atoms with Crippen LogP contribution in [0, 0.1) is 0 Å². The number of hydrogen-bond donors (Lipinski definition) is 2. The molecular formula is C15H17N3O2. The van der Waals surface area contributed by atoms with Crippen molar-refractivity contribution in [1.82, 2.24) is 9.88 Å². The van der Waals surface area contributed by atoms with Crippen LogP contribution in [-0.4, -0.2) is 22.9 Å². The topological polar surface area (TPSA) is 63.1 Å². The second kappa shape index (κ2) is 6.56. The second-order valence-corrected chi connectivity index (χ2v) is 4.44. The lowest BCUT2D eigenvalue weighted by Crippen LogP contribution is -2.31. The van der Waals surface area contributed by atoms with Gasteiger partial charge in [0.15, 0.2) is 5.78 Å². The number of amides is 2. The maximum Gasteiger partial charge on any atom is 0.319 e. The summed E-state index contributed by atoms with van der Waals surface area (Å²) in [6.07, 6.45) is 3.89. The maximum absolute atomic E-state index is 11.7. The predicted octanol–water partition coefficient (Wildman–Crippen LogP) is 2.51. The normalized spacial score (nSPS) is 10.1. The number of carbonyl (C=O) groups excluding carboxylic acids is 2. The molecule has 20 heavy (non-hydrogen) atoms. The number of Topliss-reactive ketones (excluding diaryl/α,β-unsaturated/α-hetero) is 1. The smallest absolute Gasteiger partial charge is 0.319 e. The average Bonchev–Trinajstić information content (AvgIpc) is 2.92. The zero-order chi connectivity index (χ0) is 14.4. The Morgan fingerprint density at radius 3 is 2.35 bits per heavy atom. The molecule has 2 N–H and O–H groups in total. The van der Waals surface area contributed by atoms with Gasteiger partial charge in [0, 0.05) is 36.7 Å². The number of benzene rings is 1. The van der Waals surface area contributed by atoms with Gasteiger partial charge in [0.25, 0.3) is 0 Å². The first-order valence-electron chi connectivity index (χ1n) is 6.42. The van der Waals surface area contributed by atoms with Gasteiger partial charge >= 0.3 is 6.03 Å². The minimum absolute atomic E-state index is 0.00715. The van der Waals surface area contributed by atoms with Gasteiger partial charge in [-0.25, -0.2) is 4.79 Å². The number of ketones is 1. The number of anilines is 1. The van der Waals surface area contributed by atoms with E-state index in [1.807, 2.05) is 29.1 Å². The van der Waals surface area contributed by atoms with Crippen molar-refractivity contribution in [2.45, 2.75) is 13.5 Å². The number of rotatable bonds is 5. The minimum Gasteiger partial charge on any atom is -0.353 e. The third-order valence-corrected chi connectivity index (χ3v) is 2.87. The molecule has 0 spiro atoms. The summed E-state index contributed by atoms with van der Waals surface area (Å²) in [6, 6.07) is 10.4. The van der Waals surface area contributed by atoms with Crippen LogP contribution in [0.4, 0.5) is 10.5 Å². The molecule has 0 atom stereocenters. The molecule has 1 heterocycles. The van der Waals surface area contributed by atoms with Crippen molar-refractivity contribution in [2.24, 2.45) is 0 Å². The van der Waals surface area contributed by atoms with Crippen LogP contribution >= 0.6 is 0 Å². The van der Waals surface area contributed by atoms with E-state index in [-0.39, 0.29) is 11.8 Å². The molecule has 0 aliphatic carbocycles. The molecule has 0 fully saturated rings. The largest absolute Gasteiger partial charge is 0.353 e. The minimum atomic E-state index is -0.257. The lowest BCUT2D eigenvalue weighted by molar-refractivity contribution is 0.101. The van der Waals surface area contributed by atoms with E-state index in [2.05, 4.69) is 10.6 Å². The van der Waals surface area contributed by atoms with E-state index in [0.717, 1.165) is 6.54 Å². The number of urea groups is 1. The molecule has 2 aromatic rings. The van der Waals surface area contributed by atoms with E-state index in [1.54, 1.807) is 24.3 Å². The molecule has 0 unspecified atom stereocenters. The highest BCUT2D eigenvalue weighted by Crippen LogP contribution is 2.09. The summed E-state index contributed by atoms with van der Waals surface area (Å²) in [5.41, 5.74) is 1.29. The summed E-state index contributed by atoms with van der Waals surface area (Å²) < 4.78 is 1.99. The molecule has 0 aliphatic heterocycles. The fourth-order valence-corrected chi connectivity index (χ4v) is 1.78. The second-order valence-electron chi connectivity index (χ2n) is 4.44. The van der Waals surface area contributed by atoms with Crippen LogP contribution in [0.15, 0.2) is 48.8 Å². The summed E-state index contributed by atoms with van der Waals surface area (Å²) in [6.45, 7) is 2.78. The van der Waals surface area contributed by atoms with Gasteiger partial charge in [-0.2, -0.15) is 0 Å². The van der Waals surface area contributed by atoms with Crippen molar-refractivity contribution in [3.05, 3.63) is 54.4 Å². The molecule has 2 amide bonds. The summed E-state index contributed by atoms with van der Waals surface area (Å²) in [7, 11) is 0. The van der Waals surface area contributed by atoms with Gasteiger partial charge in [-0.15, -0.1) is 0 Å². The molecule has 0 saturated heterocycles. The molecule has 5 heteroatoms. The summed E-state index contributed by atoms with van der Waals surface area (Å²) in [5, 5.41) is 5.49. The van der Waals surface area contributed by atoms with Gasteiger partial charge in [-0.1, -0.05) is 0 Å². The molecule has 104 valence electrons. The monoisotopic (exact) mass is 271 g/mol. The Morgan fingerprint density at radius 1 is 1.10 bits per heavy atom. The van der Waals surface area contributed by atoms with Gasteiger partial charge < -0.3 is 15.2 Å². The van der Waals surface area contributed by atoms with Gasteiger partial charge in [0.05, 0.1) is 0 Å². The summed E-state index contributed by atoms with van der Waals surface area (Å²) >= 11 is 0. The Morgan fingerprint density at radius 2 is 1.75 bits per heavy atom. The Hall–Kier alpha value is -2.56. The fraction of sp³-hybridized carbons (Fsp3) is 0.200. The third kappa shape index (κ3) is 3.98. The molecule has 1 aromatic carbocycles. The average molecular weight is 271 g/mol. The molecular weight excluding hydrogens is 254 g/mol. The highest BCUT2D eigenvalue weighted by molar-refractivity contribution is 5.95. The Bertz CT molecular complexity index is 574. The summed E-state index contributed by atoms with van der Waals surface area (Å²) in [4.78, 5) is 22.8. The van der Waals surface area contributed by atoms with Crippen LogP contribution in [0.1, 0.15) is 17.3 Å². The molecule has 1 aromatic heterocycles. The van der Waals surface area contributed by atoms with Gasteiger partial charge in [-0.3, -0.25) is 4.79 Å². The SMILES string of the molecule is CC(=O)c1ccc(NC(=O)NCCn2cccc2)cc1. The zero-order valence-electron chi connectivity index (χ0n) is 11.3. The van der Waals surface area contributed by atoms with E-state index in [9.17, 15) is 9.59 Å². The number of carbonyl (C=O) groups is 2. The molecule has 0 saturated carbocycles. The van der Waals surface area contributed by atoms with Crippen LogP contribution in [0.5, 0.6) is 0 Å². The van der Waals surface area contributed by atoms with E-state index in [1.165, 1.54) is 6.92 Å². The Kier molecular flexibility index (Phi) is 4.55. The molecule has 0 bridgehead atoms. The molecule has 5 nitrogen and oxygen atoms in total. The highest BCUT2D eigenvalue weighted by Gasteiger charge is 2.02. The van der Waals surface area contributed by atoms with Crippen molar-refractivity contribution in [1.29, 1.82) is 0 Å². The van der Waals surface area contributed by atoms with Crippen LogP contribution in [-0.2, 0) is 6.54 Å². The van der Waals surface area contributed by atoms with Crippen LogP contribution in [0.2, 0.25) is 0 Å². The zero-order valence-corrected chi connectivity index (χ0v) is 11.3. The maximum atomic E-state index is 11.7. The van der Waals surface area contributed by atoms with Crippen molar-refractivity contribution in [3.8, 4) is 0 Å². The molecule has 0 radical (unpaired) electrons. The molecule has 0 aliphatic rings. The fourth-order valence-electron chi connectivity index (χ4n) is 1.78. The number of nitrogens with one attached hydrogen (secondary N) is 2. The number of hydrogen-bond acceptors (Lipinski definition) is 2. The highest BCUT2D eigenvalue weighted by atomic mass is 16.2. The van der Waals surface area contributed by atoms with Crippen LogP contribution in [0.25, 0.3) is 0 Å². The Labute approximate surface area is 117 Å². The van der Waals surface area contributed by atoms with Gasteiger partial charge in [0.2, 0.25) is 0 Å². The van der Waals surface area contributed by atoms with Gasteiger partial charge in [0.1, 0.15) is 0 Å². The first-order chi connectivity index (χ1) is 9.65. The lowest BCUT2D eigenvalue weighted by Gasteiger charge is -2.08. The number of aromatic nitrogens is 1.